The number of allylic oxidation sites excluding steroid dienone is 1. The third-order valence-electron chi connectivity index (χ3n) is 6.78. The van der Waals surface area contributed by atoms with Crippen molar-refractivity contribution in [3.63, 3.8) is 0 Å². The molecule has 2 fully saturated rings. The van der Waals surface area contributed by atoms with Crippen LogP contribution in [0.15, 0.2) is 23.0 Å². The van der Waals surface area contributed by atoms with E-state index >= 15 is 0 Å². The van der Waals surface area contributed by atoms with Gasteiger partial charge in [0, 0.05) is 29.1 Å². The average molecular weight is 323 g/mol. The molecule has 2 saturated carbocycles. The number of aliphatic imine (C=N–C) groups is 1. The lowest BCUT2D eigenvalue weighted by atomic mass is 9.70. The van der Waals surface area contributed by atoms with Crippen LogP contribution in [-0.4, -0.2) is 22.2 Å². The van der Waals surface area contributed by atoms with Crippen molar-refractivity contribution in [2.45, 2.75) is 60.8 Å². The second-order valence-electron chi connectivity index (χ2n) is 9.85. The van der Waals surface area contributed by atoms with Gasteiger partial charge in [0.05, 0.1) is 6.54 Å². The molecule has 1 aromatic rings. The summed E-state index contributed by atoms with van der Waals surface area (Å²) in [5.41, 5.74) is 6.16. The van der Waals surface area contributed by atoms with Gasteiger partial charge in [-0.25, -0.2) is 9.97 Å². The molecule has 1 aliphatic heterocycles. The fourth-order valence-corrected chi connectivity index (χ4v) is 5.15. The third kappa shape index (κ3) is 2.06. The molecule has 24 heavy (non-hydrogen) atoms. The van der Waals surface area contributed by atoms with Gasteiger partial charge in [0.25, 0.3) is 0 Å². The van der Waals surface area contributed by atoms with Gasteiger partial charge >= 0.3 is 0 Å². The first-order valence-corrected chi connectivity index (χ1v) is 9.23. The first-order valence-electron chi connectivity index (χ1n) is 9.23. The monoisotopic (exact) mass is 323 g/mol. The Kier molecular flexibility index (Phi) is 3.18. The number of fused-ring (bicyclic) bond motifs is 5. The molecule has 4 rings (SSSR count). The largest absolute Gasteiger partial charge is 0.284 e. The zero-order valence-electron chi connectivity index (χ0n) is 15.9. The molecular formula is C21H29N3. The molecular weight excluding hydrogens is 294 g/mol. The fourth-order valence-electron chi connectivity index (χ4n) is 5.15. The molecule has 0 N–H and O–H groups in total. The number of hydrogen-bond acceptors (Lipinski definition) is 3. The van der Waals surface area contributed by atoms with Crippen molar-refractivity contribution in [2.24, 2.45) is 27.2 Å². The van der Waals surface area contributed by atoms with E-state index < -0.39 is 0 Å². The maximum Gasteiger partial charge on any atom is 0.157 e. The summed E-state index contributed by atoms with van der Waals surface area (Å²) in [4.78, 5) is 14.4. The van der Waals surface area contributed by atoms with Gasteiger partial charge in [-0.2, -0.15) is 0 Å². The molecule has 2 aliphatic carbocycles. The minimum absolute atomic E-state index is 0.237. The Morgan fingerprint density at radius 3 is 2.42 bits per heavy atom. The van der Waals surface area contributed by atoms with Crippen molar-refractivity contribution in [3.05, 3.63) is 29.4 Å². The van der Waals surface area contributed by atoms with E-state index in [2.05, 4.69) is 41.5 Å². The molecule has 0 aromatic carbocycles. The number of rotatable bonds is 2. The van der Waals surface area contributed by atoms with E-state index in [1.165, 1.54) is 35.3 Å². The average Bonchev–Trinajstić information content (AvgIpc) is 3.05. The van der Waals surface area contributed by atoms with Gasteiger partial charge in [0.15, 0.2) is 5.82 Å². The van der Waals surface area contributed by atoms with E-state index in [-0.39, 0.29) is 10.8 Å². The highest BCUT2D eigenvalue weighted by Gasteiger charge is 2.64. The topological polar surface area (TPSA) is 38.1 Å². The van der Waals surface area contributed by atoms with Crippen LogP contribution in [0, 0.1) is 22.2 Å². The number of hydrogen-bond donors (Lipinski definition) is 0. The molecule has 0 saturated heterocycles. The van der Waals surface area contributed by atoms with Crippen LogP contribution in [0.25, 0.3) is 5.57 Å². The Hall–Kier alpha value is -1.51. The Morgan fingerprint density at radius 1 is 1.12 bits per heavy atom. The molecule has 0 amide bonds. The van der Waals surface area contributed by atoms with Crippen LogP contribution in [0.2, 0.25) is 0 Å². The molecule has 3 aliphatic rings. The van der Waals surface area contributed by atoms with Gasteiger partial charge in [-0.3, -0.25) is 4.99 Å². The van der Waals surface area contributed by atoms with Gasteiger partial charge in [-0.15, -0.1) is 0 Å². The van der Waals surface area contributed by atoms with E-state index in [0.29, 0.717) is 11.3 Å². The van der Waals surface area contributed by atoms with E-state index in [1.807, 2.05) is 12.4 Å². The number of nitrogens with zero attached hydrogens (tertiary/aromatic N) is 3. The third-order valence-corrected chi connectivity index (χ3v) is 6.78. The van der Waals surface area contributed by atoms with Gasteiger partial charge in [0.1, 0.15) is 0 Å². The highest BCUT2D eigenvalue weighted by atomic mass is 14.9. The summed E-state index contributed by atoms with van der Waals surface area (Å²) in [5, 5.41) is 0. The van der Waals surface area contributed by atoms with E-state index in [0.717, 1.165) is 18.8 Å². The van der Waals surface area contributed by atoms with Crippen LogP contribution in [-0.2, 0) is 6.42 Å². The molecule has 0 radical (unpaired) electrons. The zero-order chi connectivity index (χ0) is 17.3. The van der Waals surface area contributed by atoms with Crippen LogP contribution in [0.3, 0.4) is 0 Å². The smallest absolute Gasteiger partial charge is 0.157 e. The van der Waals surface area contributed by atoms with Crippen LogP contribution in [0.4, 0.5) is 0 Å². The molecule has 0 spiro atoms. The summed E-state index contributed by atoms with van der Waals surface area (Å²) >= 11 is 0. The van der Waals surface area contributed by atoms with Gasteiger partial charge in [0.2, 0.25) is 0 Å². The van der Waals surface area contributed by atoms with Crippen molar-refractivity contribution in [2.75, 3.05) is 6.54 Å². The summed E-state index contributed by atoms with van der Waals surface area (Å²) < 4.78 is 0. The highest BCUT2D eigenvalue weighted by Crippen LogP contribution is 2.67. The van der Waals surface area contributed by atoms with Crippen LogP contribution < -0.4 is 0 Å². The summed E-state index contributed by atoms with van der Waals surface area (Å²) in [6.45, 7) is 14.8. The van der Waals surface area contributed by atoms with Crippen molar-refractivity contribution in [1.82, 2.24) is 9.97 Å². The summed E-state index contributed by atoms with van der Waals surface area (Å²) in [6.07, 6.45) is 7.59. The normalized spacial score (nSPS) is 30.8. The summed E-state index contributed by atoms with van der Waals surface area (Å²) in [5.74, 6) is 1.52. The molecule has 2 unspecified atom stereocenters. The maximum absolute atomic E-state index is 4.95. The van der Waals surface area contributed by atoms with Crippen molar-refractivity contribution in [1.29, 1.82) is 0 Å². The van der Waals surface area contributed by atoms with Crippen molar-refractivity contribution < 1.29 is 0 Å². The molecule has 2 atom stereocenters. The lowest BCUT2D eigenvalue weighted by Gasteiger charge is -2.33. The fraction of sp³-hybridized carbons (Fsp3) is 0.667. The van der Waals surface area contributed by atoms with Crippen molar-refractivity contribution in [3.8, 4) is 0 Å². The van der Waals surface area contributed by atoms with Crippen LogP contribution in [0.5, 0.6) is 0 Å². The lowest BCUT2D eigenvalue weighted by molar-refractivity contribution is 0.202. The second-order valence-corrected chi connectivity index (χ2v) is 9.85. The molecule has 3 nitrogen and oxygen atoms in total. The van der Waals surface area contributed by atoms with Gasteiger partial charge in [-0.05, 0) is 47.1 Å². The molecule has 1 aromatic heterocycles. The van der Waals surface area contributed by atoms with Gasteiger partial charge < -0.3 is 0 Å². The second kappa shape index (κ2) is 4.77. The lowest BCUT2D eigenvalue weighted by Crippen LogP contribution is -2.32. The first kappa shape index (κ1) is 16.0. The zero-order valence-corrected chi connectivity index (χ0v) is 15.9. The molecule has 2 heterocycles. The minimum atomic E-state index is 0.237. The quantitative estimate of drug-likeness (QED) is 0.789. The first-order chi connectivity index (χ1) is 11.1. The van der Waals surface area contributed by atoms with E-state index in [1.54, 1.807) is 0 Å². The Labute approximate surface area is 145 Å². The van der Waals surface area contributed by atoms with Gasteiger partial charge in [-0.1, -0.05) is 41.5 Å². The predicted octanol–water partition coefficient (Wildman–Crippen LogP) is 4.73. The standard InChI is InChI=1S/C21H29N3/c1-19(2,3)9-13-10-23-18(24-11-13)14-12-22-17-16(14)15-7-8-21(17,6)20(15,4)5/h10-11,15H,7-9,12H2,1-6H3. The van der Waals surface area contributed by atoms with Crippen LogP contribution in [0.1, 0.15) is 65.8 Å². The van der Waals surface area contributed by atoms with Crippen LogP contribution >= 0.6 is 0 Å². The molecule has 2 bridgehead atoms. The summed E-state index contributed by atoms with van der Waals surface area (Å²) in [7, 11) is 0. The SMILES string of the molecule is CC(C)(C)Cc1cnc(C2=C3C(=NC2)C2(C)CCC3C2(C)C)nc1. The Balaban J connectivity index is 1.70. The van der Waals surface area contributed by atoms with Crippen molar-refractivity contribution >= 4 is 11.3 Å². The minimum Gasteiger partial charge on any atom is -0.284 e. The van der Waals surface area contributed by atoms with E-state index in [9.17, 15) is 0 Å². The van der Waals surface area contributed by atoms with E-state index in [4.69, 9.17) is 15.0 Å². The highest BCUT2D eigenvalue weighted by molar-refractivity contribution is 6.16. The Bertz CT molecular complexity index is 746. The predicted molar refractivity (Wildman–Crippen MR) is 99.0 cm³/mol. The Morgan fingerprint density at radius 2 is 1.79 bits per heavy atom. The molecule has 3 heteroatoms. The molecule has 128 valence electrons. The summed E-state index contributed by atoms with van der Waals surface area (Å²) in [6, 6.07) is 0. The maximum atomic E-state index is 4.95. The number of aromatic nitrogens is 2.